The molecule has 4 rings (SSSR count). The smallest absolute Gasteiger partial charge is 0.283 e. The van der Waals surface area contributed by atoms with Gasteiger partial charge in [-0.05, 0) is 55.0 Å². The second kappa shape index (κ2) is 9.02. The van der Waals surface area contributed by atoms with Crippen LogP contribution in [0.15, 0.2) is 51.2 Å². The first-order valence-corrected chi connectivity index (χ1v) is 11.3. The lowest BCUT2D eigenvalue weighted by molar-refractivity contribution is -0.387. The van der Waals surface area contributed by atoms with E-state index < -0.39 is 16.7 Å². The maximum atomic E-state index is 12.0. The third-order valence-corrected chi connectivity index (χ3v) is 6.63. The maximum absolute atomic E-state index is 12.0. The molecule has 1 aliphatic rings. The van der Waals surface area contributed by atoms with E-state index in [4.69, 9.17) is 17.0 Å². The van der Waals surface area contributed by atoms with Gasteiger partial charge in [0, 0.05) is 6.07 Å². The summed E-state index contributed by atoms with van der Waals surface area (Å²) in [7, 11) is 0. The number of nitrogens with one attached hydrogen (secondary N) is 2. The predicted octanol–water partition coefficient (Wildman–Crippen LogP) is 3.67. The molecule has 0 saturated carbocycles. The Bertz CT molecular complexity index is 1300. The van der Waals surface area contributed by atoms with Crippen LogP contribution in [-0.4, -0.2) is 33.4 Å². The van der Waals surface area contributed by atoms with Crippen molar-refractivity contribution in [1.82, 2.24) is 15.6 Å². The minimum Gasteiger partial charge on any atom is -0.494 e. The highest BCUT2D eigenvalue weighted by Crippen LogP contribution is 2.40. The number of thiazole rings is 1. The second-order valence-corrected chi connectivity index (χ2v) is 9.15. The molecule has 0 spiro atoms. The molecule has 1 saturated heterocycles. The second-order valence-electron chi connectivity index (χ2n) is 6.42. The number of nitro benzene ring substituents is 1. The van der Waals surface area contributed by atoms with E-state index in [1.165, 1.54) is 35.2 Å². The molecular weight excluding hydrogens is 472 g/mol. The zero-order valence-electron chi connectivity index (χ0n) is 16.4. The number of aromatic nitrogens is 1. The van der Waals surface area contributed by atoms with Crippen molar-refractivity contribution in [3.8, 4) is 5.75 Å². The molecule has 2 amide bonds. The van der Waals surface area contributed by atoms with E-state index in [1.807, 2.05) is 25.1 Å². The molecule has 0 unspecified atom stereocenters. The highest BCUT2D eigenvalue weighted by Gasteiger charge is 2.26. The van der Waals surface area contributed by atoms with Crippen LogP contribution in [0.4, 0.5) is 5.69 Å². The number of rotatable bonds is 6. The first-order chi connectivity index (χ1) is 15.3. The molecule has 2 aromatic carbocycles. The number of amides is 2. The SMILES string of the molecule is CCOc1ccc2nc(Sc3ccc(C=C4C(=O)NC(=S)NC4=O)cc3[N+](=O)[O-])sc2c1. The molecule has 162 valence electrons. The number of ether oxygens (including phenoxy) is 1. The van der Waals surface area contributed by atoms with Gasteiger partial charge in [0.05, 0.1) is 26.6 Å². The Morgan fingerprint density at radius 1 is 1.22 bits per heavy atom. The van der Waals surface area contributed by atoms with Gasteiger partial charge >= 0.3 is 0 Å². The Hall–Kier alpha value is -3.35. The lowest BCUT2D eigenvalue weighted by atomic mass is 10.1. The van der Waals surface area contributed by atoms with Gasteiger partial charge < -0.3 is 4.74 Å². The molecule has 0 bridgehead atoms. The molecular formula is C20H14N4O5S3. The van der Waals surface area contributed by atoms with Crippen molar-refractivity contribution in [3.63, 3.8) is 0 Å². The summed E-state index contributed by atoms with van der Waals surface area (Å²) >= 11 is 7.34. The highest BCUT2D eigenvalue weighted by molar-refractivity contribution is 8.01. The number of hydrogen-bond donors (Lipinski definition) is 2. The molecule has 0 aliphatic carbocycles. The van der Waals surface area contributed by atoms with E-state index in [9.17, 15) is 19.7 Å². The molecule has 2 N–H and O–H groups in total. The summed E-state index contributed by atoms with van der Waals surface area (Å²) in [6.07, 6.45) is 1.28. The van der Waals surface area contributed by atoms with Crippen LogP contribution in [0.2, 0.25) is 0 Å². The zero-order valence-corrected chi connectivity index (χ0v) is 18.9. The van der Waals surface area contributed by atoms with E-state index >= 15 is 0 Å². The maximum Gasteiger partial charge on any atom is 0.283 e. The summed E-state index contributed by atoms with van der Waals surface area (Å²) in [5.74, 6) is -0.596. The van der Waals surface area contributed by atoms with Gasteiger partial charge in [-0.1, -0.05) is 17.8 Å². The topological polar surface area (TPSA) is 123 Å². The molecule has 3 aromatic rings. The third kappa shape index (κ3) is 4.61. The van der Waals surface area contributed by atoms with Gasteiger partial charge in [0.15, 0.2) is 9.45 Å². The van der Waals surface area contributed by atoms with Gasteiger partial charge in [-0.25, -0.2) is 4.98 Å². The molecule has 2 heterocycles. The summed E-state index contributed by atoms with van der Waals surface area (Å²) in [5, 5.41) is 16.2. The molecule has 9 nitrogen and oxygen atoms in total. The quantitative estimate of drug-likeness (QED) is 0.178. The van der Waals surface area contributed by atoms with Crippen LogP contribution in [0.3, 0.4) is 0 Å². The largest absolute Gasteiger partial charge is 0.494 e. The molecule has 1 aromatic heterocycles. The average Bonchev–Trinajstić information content (AvgIpc) is 3.13. The van der Waals surface area contributed by atoms with Gasteiger partial charge in [-0.2, -0.15) is 0 Å². The monoisotopic (exact) mass is 486 g/mol. The van der Waals surface area contributed by atoms with Crippen molar-refractivity contribution in [3.05, 3.63) is 57.6 Å². The summed E-state index contributed by atoms with van der Waals surface area (Å²) in [5.41, 5.74) is 0.757. The zero-order chi connectivity index (χ0) is 22.8. The Labute approximate surface area is 195 Å². The van der Waals surface area contributed by atoms with Crippen molar-refractivity contribution in [2.45, 2.75) is 16.2 Å². The van der Waals surface area contributed by atoms with Crippen LogP contribution in [0.1, 0.15) is 12.5 Å². The van der Waals surface area contributed by atoms with Crippen molar-refractivity contribution in [2.75, 3.05) is 6.61 Å². The van der Waals surface area contributed by atoms with Gasteiger partial charge in [0.1, 0.15) is 11.3 Å². The Morgan fingerprint density at radius 3 is 2.66 bits per heavy atom. The van der Waals surface area contributed by atoms with Crippen LogP contribution in [0.25, 0.3) is 16.3 Å². The van der Waals surface area contributed by atoms with Crippen molar-refractivity contribution < 1.29 is 19.2 Å². The predicted molar refractivity (Wildman–Crippen MR) is 125 cm³/mol. The Morgan fingerprint density at radius 2 is 1.97 bits per heavy atom. The summed E-state index contributed by atoms with van der Waals surface area (Å²) in [6, 6.07) is 10.0. The number of carbonyl (C=O) groups is 2. The average molecular weight is 487 g/mol. The normalized spacial score (nSPS) is 13.7. The number of carbonyl (C=O) groups excluding carboxylic acids is 2. The Balaban J connectivity index is 1.64. The standard InChI is InChI=1S/C20H14N4O5S3/c1-2-29-11-4-5-13-16(9-11)32-20(21-13)31-15-6-3-10(8-14(15)24(27)28)7-12-17(25)22-19(30)23-18(12)26/h3-9H,2H2,1H3,(H2,22,23,25,26,30). The minimum atomic E-state index is -0.666. The number of nitro groups is 1. The molecule has 1 aliphatic heterocycles. The molecule has 12 heteroatoms. The van der Waals surface area contributed by atoms with Crippen LogP contribution >= 0.6 is 35.3 Å². The van der Waals surface area contributed by atoms with Crippen LogP contribution in [0, 0.1) is 10.1 Å². The van der Waals surface area contributed by atoms with E-state index in [0.29, 0.717) is 21.4 Å². The van der Waals surface area contributed by atoms with Crippen LogP contribution in [0.5, 0.6) is 5.75 Å². The fraction of sp³-hybridized carbons (Fsp3) is 0.100. The van der Waals surface area contributed by atoms with Gasteiger partial charge in [0.2, 0.25) is 0 Å². The third-order valence-electron chi connectivity index (χ3n) is 4.28. The number of benzene rings is 2. The van der Waals surface area contributed by atoms with E-state index in [0.717, 1.165) is 16.0 Å². The summed E-state index contributed by atoms with van der Waals surface area (Å²) in [6.45, 7) is 2.45. The van der Waals surface area contributed by atoms with Crippen LogP contribution in [-0.2, 0) is 9.59 Å². The highest BCUT2D eigenvalue weighted by atomic mass is 32.2. The van der Waals surface area contributed by atoms with Gasteiger partial charge in [-0.15, -0.1) is 11.3 Å². The Kier molecular flexibility index (Phi) is 6.17. The van der Waals surface area contributed by atoms with Crippen LogP contribution < -0.4 is 15.4 Å². The first kappa shape index (κ1) is 21.9. The molecule has 1 fully saturated rings. The van der Waals surface area contributed by atoms with E-state index in [2.05, 4.69) is 15.6 Å². The number of hydrogen-bond acceptors (Lipinski definition) is 9. The lowest BCUT2D eigenvalue weighted by Crippen LogP contribution is -2.51. The number of nitrogens with zero attached hydrogens (tertiary/aromatic N) is 2. The van der Waals surface area contributed by atoms with E-state index in [1.54, 1.807) is 12.1 Å². The van der Waals surface area contributed by atoms with Crippen molar-refractivity contribution in [2.24, 2.45) is 0 Å². The fourth-order valence-corrected chi connectivity index (χ4v) is 5.23. The molecule has 32 heavy (non-hydrogen) atoms. The number of thiocarbonyl (C=S) groups is 1. The fourth-order valence-electron chi connectivity index (χ4n) is 2.90. The molecule has 0 radical (unpaired) electrons. The molecule has 0 atom stereocenters. The lowest BCUT2D eigenvalue weighted by Gasteiger charge is -2.16. The van der Waals surface area contributed by atoms with Crippen molar-refractivity contribution >= 4 is 74.2 Å². The van der Waals surface area contributed by atoms with Crippen molar-refractivity contribution in [1.29, 1.82) is 0 Å². The summed E-state index contributed by atoms with van der Waals surface area (Å²) in [4.78, 5) is 40.1. The first-order valence-electron chi connectivity index (χ1n) is 9.22. The number of fused-ring (bicyclic) bond motifs is 1. The van der Waals surface area contributed by atoms with Gasteiger partial charge in [-0.3, -0.25) is 30.3 Å². The van der Waals surface area contributed by atoms with Gasteiger partial charge in [0.25, 0.3) is 17.5 Å². The van der Waals surface area contributed by atoms with E-state index in [-0.39, 0.29) is 16.4 Å². The minimum absolute atomic E-state index is 0.0842. The summed E-state index contributed by atoms with van der Waals surface area (Å²) < 4.78 is 7.05.